The highest BCUT2D eigenvalue weighted by Crippen LogP contribution is 2.48. The first-order chi connectivity index (χ1) is 13.2. The molecule has 1 N–H and O–H groups in total. The molecular formula is C20H20ClF2NO3S. The van der Waals surface area contributed by atoms with Gasteiger partial charge in [0.25, 0.3) is 0 Å². The van der Waals surface area contributed by atoms with Crippen molar-refractivity contribution in [3.8, 4) is 0 Å². The Labute approximate surface area is 167 Å². The maximum atomic E-state index is 14.7. The molecule has 1 amide bonds. The number of rotatable bonds is 4. The highest BCUT2D eigenvalue weighted by molar-refractivity contribution is 7.92. The molecule has 3 rings (SSSR count). The zero-order chi connectivity index (χ0) is 20.5. The van der Waals surface area contributed by atoms with Gasteiger partial charge in [0.1, 0.15) is 16.4 Å². The van der Waals surface area contributed by atoms with E-state index in [1.165, 1.54) is 31.2 Å². The molecule has 4 nitrogen and oxygen atoms in total. The minimum absolute atomic E-state index is 0.00135. The second-order valence-electron chi connectivity index (χ2n) is 7.05. The summed E-state index contributed by atoms with van der Waals surface area (Å²) in [5, 5.41) is 3.15. The van der Waals surface area contributed by atoms with Crippen LogP contribution in [-0.4, -0.2) is 20.4 Å². The molecule has 1 saturated carbocycles. The van der Waals surface area contributed by atoms with Gasteiger partial charge in [0.2, 0.25) is 5.91 Å². The Morgan fingerprint density at radius 1 is 1.11 bits per heavy atom. The Morgan fingerprint density at radius 3 is 2.29 bits per heavy atom. The summed E-state index contributed by atoms with van der Waals surface area (Å²) in [5.74, 6) is -1.68. The molecule has 28 heavy (non-hydrogen) atoms. The lowest BCUT2D eigenvalue weighted by Crippen LogP contribution is -2.45. The molecule has 1 aliphatic rings. The third-order valence-corrected chi connectivity index (χ3v) is 8.06. The van der Waals surface area contributed by atoms with Gasteiger partial charge in [0.05, 0.1) is 4.90 Å². The van der Waals surface area contributed by atoms with Crippen molar-refractivity contribution >= 4 is 27.3 Å². The van der Waals surface area contributed by atoms with Crippen LogP contribution in [0.1, 0.15) is 38.2 Å². The summed E-state index contributed by atoms with van der Waals surface area (Å²) in [5.41, 5.74) is -0.177. The fourth-order valence-electron chi connectivity index (χ4n) is 3.88. The van der Waals surface area contributed by atoms with Gasteiger partial charge in [0, 0.05) is 23.6 Å². The van der Waals surface area contributed by atoms with Crippen LogP contribution in [0.2, 0.25) is 5.02 Å². The van der Waals surface area contributed by atoms with Crippen molar-refractivity contribution in [2.24, 2.45) is 0 Å². The topological polar surface area (TPSA) is 63.2 Å². The largest absolute Gasteiger partial charge is 0.354 e. The Balaban J connectivity index is 2.12. The standard InChI is InChI=1S/C20H20ClF2NO3S/c1-13(25)24-16-8-10-20(11-9-16,18-12-15(22)4-7-19(18)23)28(26,27)17-5-2-14(21)3-6-17/h2-7,12,16H,8-11H2,1H3,(H,24,25)/t16-,20+. The molecule has 150 valence electrons. The molecule has 0 bridgehead atoms. The fraction of sp³-hybridized carbons (Fsp3) is 0.350. The average Bonchev–Trinajstić information content (AvgIpc) is 2.64. The summed E-state index contributed by atoms with van der Waals surface area (Å²) < 4.78 is 54.2. The van der Waals surface area contributed by atoms with E-state index in [-0.39, 0.29) is 35.2 Å². The first-order valence-electron chi connectivity index (χ1n) is 8.88. The van der Waals surface area contributed by atoms with Gasteiger partial charge in [-0.2, -0.15) is 0 Å². The normalized spacial score (nSPS) is 22.6. The van der Waals surface area contributed by atoms with Gasteiger partial charge in [-0.15, -0.1) is 0 Å². The zero-order valence-electron chi connectivity index (χ0n) is 15.2. The number of carbonyl (C=O) groups is 1. The molecule has 0 radical (unpaired) electrons. The minimum atomic E-state index is -4.06. The molecule has 8 heteroatoms. The van der Waals surface area contributed by atoms with Gasteiger partial charge in [-0.3, -0.25) is 4.79 Å². The van der Waals surface area contributed by atoms with E-state index >= 15 is 0 Å². The van der Waals surface area contributed by atoms with Crippen molar-refractivity contribution in [2.45, 2.75) is 48.3 Å². The van der Waals surface area contributed by atoms with E-state index in [9.17, 15) is 22.0 Å². The maximum Gasteiger partial charge on any atom is 0.217 e. The van der Waals surface area contributed by atoms with Crippen LogP contribution < -0.4 is 5.32 Å². The Kier molecular flexibility index (Phi) is 5.77. The monoisotopic (exact) mass is 427 g/mol. The third-order valence-electron chi connectivity index (χ3n) is 5.26. The number of nitrogens with one attached hydrogen (secondary N) is 1. The van der Waals surface area contributed by atoms with E-state index in [0.717, 1.165) is 18.2 Å². The van der Waals surface area contributed by atoms with Crippen LogP contribution in [0.3, 0.4) is 0 Å². The molecule has 2 aromatic rings. The summed E-state index contributed by atoms with van der Waals surface area (Å²) in [6, 6.07) is 8.31. The van der Waals surface area contributed by atoms with Crippen LogP contribution in [0, 0.1) is 11.6 Å². The van der Waals surface area contributed by atoms with E-state index in [2.05, 4.69) is 5.32 Å². The van der Waals surface area contributed by atoms with E-state index in [1.807, 2.05) is 0 Å². The summed E-state index contributed by atoms with van der Waals surface area (Å²) in [6.45, 7) is 1.39. The van der Waals surface area contributed by atoms with Gasteiger partial charge >= 0.3 is 0 Å². The number of halogens is 3. The molecule has 0 aromatic heterocycles. The number of hydrogen-bond acceptors (Lipinski definition) is 3. The van der Waals surface area contributed by atoms with Crippen LogP contribution in [-0.2, 0) is 19.4 Å². The van der Waals surface area contributed by atoms with Crippen molar-refractivity contribution in [3.63, 3.8) is 0 Å². The molecule has 0 saturated heterocycles. The highest BCUT2D eigenvalue weighted by Gasteiger charge is 2.50. The molecule has 1 fully saturated rings. The van der Waals surface area contributed by atoms with E-state index in [1.54, 1.807) is 0 Å². The molecule has 0 unspecified atom stereocenters. The molecule has 0 aliphatic heterocycles. The molecule has 0 spiro atoms. The van der Waals surface area contributed by atoms with Gasteiger partial charge in [-0.1, -0.05) is 11.6 Å². The first-order valence-corrected chi connectivity index (χ1v) is 10.7. The SMILES string of the molecule is CC(=O)N[C@H]1CC[C@@](c2cc(F)ccc2F)(S(=O)(=O)c2ccc(Cl)cc2)CC1. The van der Waals surface area contributed by atoms with Crippen molar-refractivity contribution in [3.05, 3.63) is 64.7 Å². The second kappa shape index (κ2) is 7.79. The number of hydrogen-bond donors (Lipinski definition) is 1. The summed E-state index contributed by atoms with van der Waals surface area (Å²) in [7, 11) is -4.06. The number of amides is 1. The number of carbonyl (C=O) groups excluding carboxylic acids is 1. The smallest absolute Gasteiger partial charge is 0.217 e. The number of benzene rings is 2. The van der Waals surface area contributed by atoms with Gasteiger partial charge in [-0.25, -0.2) is 17.2 Å². The van der Waals surface area contributed by atoms with Crippen molar-refractivity contribution in [2.75, 3.05) is 0 Å². The van der Waals surface area contributed by atoms with Gasteiger partial charge < -0.3 is 5.32 Å². The van der Waals surface area contributed by atoms with Gasteiger partial charge in [0.15, 0.2) is 9.84 Å². The van der Waals surface area contributed by atoms with E-state index in [4.69, 9.17) is 11.6 Å². The predicted octanol–water partition coefficient (Wildman–Crippen LogP) is 4.37. The lowest BCUT2D eigenvalue weighted by atomic mass is 9.80. The second-order valence-corrected chi connectivity index (χ2v) is 9.75. The molecule has 2 aromatic carbocycles. The summed E-state index contributed by atoms with van der Waals surface area (Å²) in [6.07, 6.45) is 0.789. The molecular weight excluding hydrogens is 408 g/mol. The van der Waals surface area contributed by atoms with Gasteiger partial charge in [-0.05, 0) is 68.1 Å². The quantitative estimate of drug-likeness (QED) is 0.788. The van der Waals surface area contributed by atoms with Crippen LogP contribution in [0.4, 0.5) is 8.78 Å². The van der Waals surface area contributed by atoms with E-state index in [0.29, 0.717) is 17.9 Å². The molecule has 0 atom stereocenters. The maximum absolute atomic E-state index is 14.7. The number of sulfone groups is 1. The minimum Gasteiger partial charge on any atom is -0.354 e. The Morgan fingerprint density at radius 2 is 1.71 bits per heavy atom. The van der Waals surface area contributed by atoms with E-state index < -0.39 is 26.2 Å². The average molecular weight is 428 g/mol. The van der Waals surface area contributed by atoms with Crippen LogP contribution in [0.15, 0.2) is 47.4 Å². The summed E-state index contributed by atoms with van der Waals surface area (Å²) >= 11 is 5.87. The Hall–Kier alpha value is -1.99. The van der Waals surface area contributed by atoms with Crippen molar-refractivity contribution in [1.29, 1.82) is 0 Å². The highest BCUT2D eigenvalue weighted by atomic mass is 35.5. The van der Waals surface area contributed by atoms with Crippen LogP contribution in [0.25, 0.3) is 0 Å². The fourth-order valence-corrected chi connectivity index (χ4v) is 6.18. The lowest BCUT2D eigenvalue weighted by molar-refractivity contribution is -0.119. The molecule has 1 aliphatic carbocycles. The van der Waals surface area contributed by atoms with Crippen molar-refractivity contribution < 1.29 is 22.0 Å². The Bertz CT molecular complexity index is 985. The molecule has 0 heterocycles. The van der Waals surface area contributed by atoms with Crippen LogP contribution in [0.5, 0.6) is 0 Å². The first kappa shape index (κ1) is 20.7. The van der Waals surface area contributed by atoms with Crippen LogP contribution >= 0.6 is 11.6 Å². The third kappa shape index (κ3) is 3.78. The summed E-state index contributed by atoms with van der Waals surface area (Å²) in [4.78, 5) is 11.3. The zero-order valence-corrected chi connectivity index (χ0v) is 16.8. The lowest BCUT2D eigenvalue weighted by Gasteiger charge is -2.40. The predicted molar refractivity (Wildman–Crippen MR) is 103 cm³/mol. The van der Waals surface area contributed by atoms with Crippen molar-refractivity contribution in [1.82, 2.24) is 5.32 Å².